The summed E-state index contributed by atoms with van der Waals surface area (Å²) in [5.74, 6) is 0.678. The minimum Gasteiger partial charge on any atom is -0.312 e. The third-order valence-electron chi connectivity index (χ3n) is 3.82. The van der Waals surface area contributed by atoms with E-state index in [1.54, 1.807) is 0 Å². The first-order valence-corrected chi connectivity index (χ1v) is 7.90. The van der Waals surface area contributed by atoms with Crippen LogP contribution >= 0.6 is 0 Å². The van der Waals surface area contributed by atoms with Crippen molar-refractivity contribution in [2.24, 2.45) is 5.92 Å². The van der Waals surface area contributed by atoms with Gasteiger partial charge in [-0.2, -0.15) is 5.10 Å². The van der Waals surface area contributed by atoms with Crippen LogP contribution in [0.15, 0.2) is 30.5 Å². The molecule has 1 aromatic heterocycles. The predicted molar refractivity (Wildman–Crippen MR) is 88.4 cm³/mol. The molecule has 0 radical (unpaired) electrons. The number of aryl methyl sites for hydroxylation is 1. The van der Waals surface area contributed by atoms with Gasteiger partial charge < -0.3 is 5.32 Å². The molecule has 0 saturated carbocycles. The minimum absolute atomic E-state index is 0.678. The molecule has 1 heterocycles. The van der Waals surface area contributed by atoms with Gasteiger partial charge in [0.15, 0.2) is 0 Å². The number of nitrogens with zero attached hydrogens (tertiary/aromatic N) is 2. The summed E-state index contributed by atoms with van der Waals surface area (Å²) in [6.07, 6.45) is 3.04. The van der Waals surface area contributed by atoms with E-state index in [4.69, 9.17) is 0 Å². The molecule has 0 aliphatic carbocycles. The fraction of sp³-hybridized carbons (Fsp3) is 0.500. The number of rotatable bonds is 7. The van der Waals surface area contributed by atoms with Gasteiger partial charge in [-0.15, -0.1) is 0 Å². The van der Waals surface area contributed by atoms with E-state index in [0.717, 1.165) is 26.1 Å². The third-order valence-corrected chi connectivity index (χ3v) is 3.82. The first kappa shape index (κ1) is 15.8. The molecule has 0 atom stereocenters. The molecular formula is C18H27N3. The maximum atomic E-state index is 4.60. The average molecular weight is 285 g/mol. The van der Waals surface area contributed by atoms with Gasteiger partial charge in [0.2, 0.25) is 0 Å². The molecule has 1 aromatic carbocycles. The summed E-state index contributed by atoms with van der Waals surface area (Å²) in [4.78, 5) is 0. The van der Waals surface area contributed by atoms with Gasteiger partial charge in [0, 0.05) is 17.8 Å². The van der Waals surface area contributed by atoms with Crippen LogP contribution in [0.4, 0.5) is 0 Å². The van der Waals surface area contributed by atoms with Gasteiger partial charge >= 0.3 is 0 Å². The number of hydrogen-bond donors (Lipinski definition) is 1. The van der Waals surface area contributed by atoms with Crippen LogP contribution in [0.1, 0.15) is 43.2 Å². The van der Waals surface area contributed by atoms with Gasteiger partial charge in [0.25, 0.3) is 0 Å². The Bertz CT molecular complexity index is 570. The van der Waals surface area contributed by atoms with Crippen molar-refractivity contribution in [2.45, 2.75) is 47.2 Å². The van der Waals surface area contributed by atoms with Gasteiger partial charge in [-0.1, -0.05) is 45.0 Å². The van der Waals surface area contributed by atoms with Gasteiger partial charge in [0.1, 0.15) is 0 Å². The molecule has 2 rings (SSSR count). The van der Waals surface area contributed by atoms with E-state index in [-0.39, 0.29) is 0 Å². The van der Waals surface area contributed by atoms with Crippen molar-refractivity contribution in [1.29, 1.82) is 0 Å². The quantitative estimate of drug-likeness (QED) is 0.843. The van der Waals surface area contributed by atoms with Crippen LogP contribution in [0.5, 0.6) is 0 Å². The second-order valence-corrected chi connectivity index (χ2v) is 6.08. The van der Waals surface area contributed by atoms with Crippen molar-refractivity contribution in [3.63, 3.8) is 0 Å². The highest BCUT2D eigenvalue weighted by Crippen LogP contribution is 2.14. The molecule has 3 nitrogen and oxygen atoms in total. The van der Waals surface area contributed by atoms with E-state index in [1.165, 1.54) is 22.4 Å². The summed E-state index contributed by atoms with van der Waals surface area (Å²) in [6.45, 7) is 11.7. The SMILES string of the molecule is CCc1c(CNCC(C)C)cnn1Cc1ccccc1C. The molecule has 3 heteroatoms. The topological polar surface area (TPSA) is 29.9 Å². The summed E-state index contributed by atoms with van der Waals surface area (Å²) >= 11 is 0. The van der Waals surface area contributed by atoms with E-state index >= 15 is 0 Å². The predicted octanol–water partition coefficient (Wildman–Crippen LogP) is 3.55. The zero-order chi connectivity index (χ0) is 15.2. The smallest absolute Gasteiger partial charge is 0.0665 e. The fourth-order valence-corrected chi connectivity index (χ4v) is 2.59. The highest BCUT2D eigenvalue weighted by Gasteiger charge is 2.10. The van der Waals surface area contributed by atoms with Crippen LogP contribution in [-0.4, -0.2) is 16.3 Å². The molecule has 0 saturated heterocycles. The number of nitrogens with one attached hydrogen (secondary N) is 1. The average Bonchev–Trinajstić information content (AvgIpc) is 2.83. The molecule has 114 valence electrons. The Balaban J connectivity index is 2.10. The highest BCUT2D eigenvalue weighted by molar-refractivity contribution is 5.27. The Kier molecular flexibility index (Phi) is 5.57. The van der Waals surface area contributed by atoms with Crippen molar-refractivity contribution >= 4 is 0 Å². The van der Waals surface area contributed by atoms with E-state index in [2.05, 4.69) is 67.1 Å². The zero-order valence-corrected chi connectivity index (χ0v) is 13.7. The normalized spacial score (nSPS) is 11.3. The second kappa shape index (κ2) is 7.41. The lowest BCUT2D eigenvalue weighted by molar-refractivity contribution is 0.549. The molecular weight excluding hydrogens is 258 g/mol. The molecule has 0 bridgehead atoms. The van der Waals surface area contributed by atoms with Crippen LogP contribution in [0, 0.1) is 12.8 Å². The minimum atomic E-state index is 0.678. The van der Waals surface area contributed by atoms with Crippen molar-refractivity contribution in [3.8, 4) is 0 Å². The summed E-state index contributed by atoms with van der Waals surface area (Å²) in [6, 6.07) is 8.54. The third kappa shape index (κ3) is 4.18. The van der Waals surface area contributed by atoms with Crippen LogP contribution in [0.25, 0.3) is 0 Å². The van der Waals surface area contributed by atoms with Crippen molar-refractivity contribution in [2.75, 3.05) is 6.54 Å². The number of aromatic nitrogens is 2. The molecule has 0 aliphatic rings. The Morgan fingerprint density at radius 1 is 1.19 bits per heavy atom. The van der Waals surface area contributed by atoms with Gasteiger partial charge in [0.05, 0.1) is 12.7 Å². The molecule has 0 amide bonds. The van der Waals surface area contributed by atoms with Gasteiger partial charge in [-0.3, -0.25) is 4.68 Å². The van der Waals surface area contributed by atoms with Crippen molar-refractivity contribution in [1.82, 2.24) is 15.1 Å². The van der Waals surface area contributed by atoms with Crippen LogP contribution in [0.2, 0.25) is 0 Å². The van der Waals surface area contributed by atoms with E-state index in [9.17, 15) is 0 Å². The van der Waals surface area contributed by atoms with Crippen LogP contribution < -0.4 is 5.32 Å². The molecule has 0 unspecified atom stereocenters. The Morgan fingerprint density at radius 2 is 1.95 bits per heavy atom. The summed E-state index contributed by atoms with van der Waals surface area (Å²) in [5, 5.41) is 8.11. The first-order valence-electron chi connectivity index (χ1n) is 7.90. The Hall–Kier alpha value is -1.61. The van der Waals surface area contributed by atoms with E-state index in [1.807, 2.05) is 6.20 Å². The lowest BCUT2D eigenvalue weighted by Gasteiger charge is -2.11. The molecule has 0 aliphatic heterocycles. The Labute approximate surface area is 128 Å². The fourth-order valence-electron chi connectivity index (χ4n) is 2.59. The summed E-state index contributed by atoms with van der Waals surface area (Å²) < 4.78 is 2.15. The second-order valence-electron chi connectivity index (χ2n) is 6.08. The van der Waals surface area contributed by atoms with Crippen LogP contribution in [-0.2, 0) is 19.5 Å². The molecule has 0 fully saturated rings. The van der Waals surface area contributed by atoms with Crippen LogP contribution in [0.3, 0.4) is 0 Å². The molecule has 21 heavy (non-hydrogen) atoms. The molecule has 2 aromatic rings. The summed E-state index contributed by atoms with van der Waals surface area (Å²) in [7, 11) is 0. The maximum absolute atomic E-state index is 4.60. The largest absolute Gasteiger partial charge is 0.312 e. The first-order chi connectivity index (χ1) is 10.1. The van der Waals surface area contributed by atoms with Gasteiger partial charge in [-0.05, 0) is 36.9 Å². The molecule has 0 spiro atoms. The van der Waals surface area contributed by atoms with E-state index in [0.29, 0.717) is 5.92 Å². The summed E-state index contributed by atoms with van der Waals surface area (Å²) in [5.41, 5.74) is 5.34. The monoisotopic (exact) mass is 285 g/mol. The zero-order valence-electron chi connectivity index (χ0n) is 13.7. The highest BCUT2D eigenvalue weighted by atomic mass is 15.3. The maximum Gasteiger partial charge on any atom is 0.0665 e. The Morgan fingerprint density at radius 3 is 2.62 bits per heavy atom. The molecule has 1 N–H and O–H groups in total. The standard InChI is InChI=1S/C18H27N3/c1-5-18-17(11-19-10-14(2)3)12-20-21(18)13-16-9-7-6-8-15(16)4/h6-9,12,14,19H,5,10-11,13H2,1-4H3. The van der Waals surface area contributed by atoms with Crippen molar-refractivity contribution in [3.05, 3.63) is 52.8 Å². The van der Waals surface area contributed by atoms with E-state index < -0.39 is 0 Å². The lowest BCUT2D eigenvalue weighted by atomic mass is 10.1. The van der Waals surface area contributed by atoms with Crippen molar-refractivity contribution < 1.29 is 0 Å². The number of hydrogen-bond acceptors (Lipinski definition) is 2. The lowest BCUT2D eigenvalue weighted by Crippen LogP contribution is -2.19. The number of benzene rings is 1. The van der Waals surface area contributed by atoms with Gasteiger partial charge in [-0.25, -0.2) is 0 Å².